The number of rotatable bonds is 4. The van der Waals surface area contributed by atoms with E-state index in [4.69, 9.17) is 16.3 Å². The maximum atomic E-state index is 12.9. The summed E-state index contributed by atoms with van der Waals surface area (Å²) in [5.41, 5.74) is 3.55. The summed E-state index contributed by atoms with van der Waals surface area (Å²) in [6.07, 6.45) is 2.42. The third kappa shape index (κ3) is 3.77. The summed E-state index contributed by atoms with van der Waals surface area (Å²) >= 11 is 6.15. The Hall–Kier alpha value is -3.12. The highest BCUT2D eigenvalue weighted by Crippen LogP contribution is 2.28. The van der Waals surface area contributed by atoms with Gasteiger partial charge in [-0.15, -0.1) is 0 Å². The molecule has 0 bridgehead atoms. The van der Waals surface area contributed by atoms with E-state index in [1.165, 1.54) is 11.1 Å². The normalized spacial score (nSPS) is 13.0. The van der Waals surface area contributed by atoms with E-state index in [-0.39, 0.29) is 5.91 Å². The van der Waals surface area contributed by atoms with Crippen molar-refractivity contribution in [3.05, 3.63) is 76.6 Å². The van der Waals surface area contributed by atoms with Crippen LogP contribution in [0.2, 0.25) is 5.02 Å². The number of hydrogen-bond acceptors (Lipinski definition) is 5. The number of nitrogens with one attached hydrogen (secondary N) is 1. The Kier molecular flexibility index (Phi) is 5.12. The van der Waals surface area contributed by atoms with Gasteiger partial charge in [0.15, 0.2) is 0 Å². The first-order valence-corrected chi connectivity index (χ1v) is 9.31. The van der Waals surface area contributed by atoms with Crippen molar-refractivity contribution in [3.8, 4) is 5.75 Å². The van der Waals surface area contributed by atoms with E-state index in [1.54, 1.807) is 31.5 Å². The van der Waals surface area contributed by atoms with E-state index in [0.717, 1.165) is 6.42 Å². The van der Waals surface area contributed by atoms with E-state index >= 15 is 0 Å². The zero-order chi connectivity index (χ0) is 19.5. The molecular weight excluding hydrogens is 376 g/mol. The number of halogens is 1. The second-order valence-electron chi connectivity index (χ2n) is 6.49. The van der Waals surface area contributed by atoms with E-state index in [9.17, 15) is 4.79 Å². The zero-order valence-electron chi connectivity index (χ0n) is 15.4. The summed E-state index contributed by atoms with van der Waals surface area (Å²) in [7, 11) is 1.56. The number of benzene rings is 2. The fourth-order valence-corrected chi connectivity index (χ4v) is 3.50. The van der Waals surface area contributed by atoms with Gasteiger partial charge in [0, 0.05) is 25.0 Å². The molecule has 6 nitrogen and oxygen atoms in total. The Morgan fingerprint density at radius 2 is 2.00 bits per heavy atom. The predicted molar refractivity (Wildman–Crippen MR) is 108 cm³/mol. The van der Waals surface area contributed by atoms with Crippen LogP contribution >= 0.6 is 11.6 Å². The summed E-state index contributed by atoms with van der Waals surface area (Å²) in [5, 5.41) is 3.56. The molecule has 2 heterocycles. The van der Waals surface area contributed by atoms with E-state index in [0.29, 0.717) is 41.2 Å². The van der Waals surface area contributed by atoms with E-state index < -0.39 is 0 Å². The molecule has 1 amide bonds. The van der Waals surface area contributed by atoms with Crippen LogP contribution in [0.3, 0.4) is 0 Å². The molecule has 3 aromatic rings. The van der Waals surface area contributed by atoms with Gasteiger partial charge in [0.1, 0.15) is 11.4 Å². The molecule has 0 atom stereocenters. The highest BCUT2D eigenvalue weighted by molar-refractivity contribution is 6.32. The van der Waals surface area contributed by atoms with Crippen LogP contribution in [0.15, 0.2) is 54.7 Å². The molecule has 0 fully saturated rings. The van der Waals surface area contributed by atoms with Crippen molar-refractivity contribution in [2.45, 2.75) is 13.0 Å². The van der Waals surface area contributed by atoms with Crippen molar-refractivity contribution < 1.29 is 9.53 Å². The zero-order valence-corrected chi connectivity index (χ0v) is 16.1. The molecule has 0 radical (unpaired) electrons. The third-order valence-corrected chi connectivity index (χ3v) is 5.00. The van der Waals surface area contributed by atoms with Gasteiger partial charge in [0.25, 0.3) is 5.91 Å². The molecule has 1 aliphatic rings. The van der Waals surface area contributed by atoms with Gasteiger partial charge >= 0.3 is 0 Å². The number of aromatic nitrogens is 2. The predicted octanol–water partition coefficient (Wildman–Crippen LogP) is 4.08. The van der Waals surface area contributed by atoms with Crippen LogP contribution in [-0.2, 0) is 13.0 Å². The summed E-state index contributed by atoms with van der Waals surface area (Å²) in [6.45, 7) is 1.27. The van der Waals surface area contributed by atoms with Gasteiger partial charge in [-0.05, 0) is 41.8 Å². The number of amides is 1. The van der Waals surface area contributed by atoms with Crippen molar-refractivity contribution >= 4 is 29.1 Å². The van der Waals surface area contributed by atoms with Crippen LogP contribution in [0.5, 0.6) is 5.75 Å². The lowest BCUT2D eigenvalue weighted by Gasteiger charge is -2.28. The first-order valence-electron chi connectivity index (χ1n) is 8.94. The van der Waals surface area contributed by atoms with Crippen molar-refractivity contribution in [1.29, 1.82) is 0 Å². The smallest absolute Gasteiger partial charge is 0.272 e. The topological polar surface area (TPSA) is 67.3 Å². The van der Waals surface area contributed by atoms with Crippen molar-refractivity contribution in [3.63, 3.8) is 0 Å². The number of anilines is 2. The van der Waals surface area contributed by atoms with Gasteiger partial charge < -0.3 is 15.0 Å². The SMILES string of the molecule is COc1ccc(Nc2nccc(C(=O)N3CCc4ccccc4C3)n2)cc1Cl. The minimum absolute atomic E-state index is 0.104. The number of carbonyl (C=O) groups is 1. The summed E-state index contributed by atoms with van der Waals surface area (Å²) < 4.78 is 5.15. The summed E-state index contributed by atoms with van der Waals surface area (Å²) in [5.74, 6) is 0.819. The molecule has 0 saturated carbocycles. The van der Waals surface area contributed by atoms with Crippen LogP contribution in [0.4, 0.5) is 11.6 Å². The molecule has 0 unspecified atom stereocenters. The highest BCUT2D eigenvalue weighted by Gasteiger charge is 2.22. The van der Waals surface area contributed by atoms with E-state index in [1.807, 2.05) is 23.1 Å². The Bertz CT molecular complexity index is 1020. The first kappa shape index (κ1) is 18.3. The van der Waals surface area contributed by atoms with Gasteiger partial charge in [-0.25, -0.2) is 9.97 Å². The molecule has 1 N–H and O–H groups in total. The van der Waals surface area contributed by atoms with Gasteiger partial charge in [-0.3, -0.25) is 4.79 Å². The van der Waals surface area contributed by atoms with Crippen molar-refractivity contribution in [1.82, 2.24) is 14.9 Å². The lowest BCUT2D eigenvalue weighted by molar-refractivity contribution is 0.0728. The number of hydrogen-bond donors (Lipinski definition) is 1. The standard InChI is InChI=1S/C21H19ClN4O2/c1-28-19-7-6-16(12-17(19)22)24-21-23-10-8-18(25-21)20(27)26-11-9-14-4-2-3-5-15(14)13-26/h2-8,10,12H,9,11,13H2,1H3,(H,23,24,25). The van der Waals surface area contributed by atoms with Crippen LogP contribution in [-0.4, -0.2) is 34.4 Å². The van der Waals surface area contributed by atoms with Crippen LogP contribution in [0.25, 0.3) is 0 Å². The number of nitrogens with zero attached hydrogens (tertiary/aromatic N) is 3. The molecule has 28 heavy (non-hydrogen) atoms. The number of carbonyl (C=O) groups excluding carboxylic acids is 1. The maximum Gasteiger partial charge on any atom is 0.272 e. The Labute approximate surface area is 168 Å². The minimum Gasteiger partial charge on any atom is -0.495 e. The summed E-state index contributed by atoms with van der Waals surface area (Å²) in [4.78, 5) is 23.3. The quantitative estimate of drug-likeness (QED) is 0.722. The molecule has 0 aliphatic carbocycles. The Morgan fingerprint density at radius 1 is 1.18 bits per heavy atom. The average molecular weight is 395 g/mol. The maximum absolute atomic E-state index is 12.9. The second-order valence-corrected chi connectivity index (χ2v) is 6.89. The second kappa shape index (κ2) is 7.86. The molecule has 0 spiro atoms. The highest BCUT2D eigenvalue weighted by atomic mass is 35.5. The van der Waals surface area contributed by atoms with Gasteiger partial charge in [-0.1, -0.05) is 35.9 Å². The van der Waals surface area contributed by atoms with Crippen LogP contribution in [0.1, 0.15) is 21.6 Å². The third-order valence-electron chi connectivity index (χ3n) is 4.70. The molecule has 4 rings (SSSR count). The lowest BCUT2D eigenvalue weighted by atomic mass is 10.00. The molecule has 1 aliphatic heterocycles. The minimum atomic E-state index is -0.104. The number of ether oxygens (including phenoxy) is 1. The fraction of sp³-hybridized carbons (Fsp3) is 0.190. The molecule has 7 heteroatoms. The monoisotopic (exact) mass is 394 g/mol. The molecular formula is C21H19ClN4O2. The number of methoxy groups -OCH3 is 1. The van der Waals surface area contributed by atoms with Crippen molar-refractivity contribution in [2.75, 3.05) is 19.0 Å². The Morgan fingerprint density at radius 3 is 2.79 bits per heavy atom. The number of fused-ring (bicyclic) bond motifs is 1. The van der Waals surface area contributed by atoms with Crippen LogP contribution < -0.4 is 10.1 Å². The first-order chi connectivity index (χ1) is 13.6. The van der Waals surface area contributed by atoms with Crippen molar-refractivity contribution in [2.24, 2.45) is 0 Å². The largest absolute Gasteiger partial charge is 0.495 e. The average Bonchev–Trinajstić information content (AvgIpc) is 2.73. The van der Waals surface area contributed by atoms with Crippen LogP contribution in [0, 0.1) is 0 Å². The molecule has 2 aromatic carbocycles. The summed E-state index contributed by atoms with van der Waals surface area (Å²) in [6, 6.07) is 15.1. The molecule has 1 aromatic heterocycles. The molecule has 142 valence electrons. The van der Waals surface area contributed by atoms with Gasteiger partial charge in [0.05, 0.1) is 12.1 Å². The van der Waals surface area contributed by atoms with Gasteiger partial charge in [-0.2, -0.15) is 0 Å². The van der Waals surface area contributed by atoms with Gasteiger partial charge in [0.2, 0.25) is 5.95 Å². The fourth-order valence-electron chi connectivity index (χ4n) is 3.24. The molecule has 0 saturated heterocycles. The Balaban J connectivity index is 1.51. The van der Waals surface area contributed by atoms with E-state index in [2.05, 4.69) is 27.4 Å². The lowest BCUT2D eigenvalue weighted by Crippen LogP contribution is -2.36.